The van der Waals surface area contributed by atoms with E-state index in [1.165, 1.54) is 43.2 Å². The molecule has 0 aromatic heterocycles. The van der Waals surface area contributed by atoms with Gasteiger partial charge in [-0.2, -0.15) is 0 Å². The summed E-state index contributed by atoms with van der Waals surface area (Å²) in [4.78, 5) is 0. The molecule has 16 heavy (non-hydrogen) atoms. The third kappa shape index (κ3) is 2.85. The molecule has 2 unspecified atom stereocenters. The minimum Gasteiger partial charge on any atom is -0.328 e. The highest BCUT2D eigenvalue weighted by Gasteiger charge is 2.18. The number of hydrogen-bond donors (Lipinski definition) is 1. The van der Waals surface area contributed by atoms with Crippen LogP contribution in [-0.4, -0.2) is 6.04 Å². The van der Waals surface area contributed by atoms with Gasteiger partial charge >= 0.3 is 0 Å². The fourth-order valence-corrected chi connectivity index (χ4v) is 2.77. The van der Waals surface area contributed by atoms with E-state index in [1.54, 1.807) is 0 Å². The molecule has 0 radical (unpaired) electrons. The van der Waals surface area contributed by atoms with Crippen LogP contribution in [0, 0.1) is 0 Å². The highest BCUT2D eigenvalue weighted by molar-refractivity contribution is 5.26. The topological polar surface area (TPSA) is 26.0 Å². The first-order valence-corrected chi connectivity index (χ1v) is 6.64. The SMILES string of the molecule is CCc1cccc(C2CCCCC(N)C2)c1. The fourth-order valence-electron chi connectivity index (χ4n) is 2.77. The molecule has 1 fully saturated rings. The first-order valence-electron chi connectivity index (χ1n) is 6.64. The Morgan fingerprint density at radius 2 is 2.06 bits per heavy atom. The highest BCUT2D eigenvalue weighted by Crippen LogP contribution is 2.31. The van der Waals surface area contributed by atoms with Crippen LogP contribution in [0.4, 0.5) is 0 Å². The number of aryl methyl sites for hydroxylation is 1. The van der Waals surface area contributed by atoms with Crippen molar-refractivity contribution in [1.29, 1.82) is 0 Å². The Kier molecular flexibility index (Phi) is 4.00. The van der Waals surface area contributed by atoms with E-state index >= 15 is 0 Å². The van der Waals surface area contributed by atoms with E-state index in [1.807, 2.05) is 0 Å². The average molecular weight is 217 g/mol. The maximum Gasteiger partial charge on any atom is 0.00446 e. The number of nitrogens with two attached hydrogens (primary N) is 1. The first-order chi connectivity index (χ1) is 7.79. The van der Waals surface area contributed by atoms with Crippen LogP contribution in [0.2, 0.25) is 0 Å². The quantitative estimate of drug-likeness (QED) is 0.752. The Morgan fingerprint density at radius 3 is 2.88 bits per heavy atom. The van der Waals surface area contributed by atoms with Crippen molar-refractivity contribution in [2.75, 3.05) is 0 Å². The molecule has 2 N–H and O–H groups in total. The summed E-state index contributed by atoms with van der Waals surface area (Å²) in [5.41, 5.74) is 9.10. The predicted molar refractivity (Wildman–Crippen MR) is 69.6 cm³/mol. The zero-order chi connectivity index (χ0) is 11.4. The Hall–Kier alpha value is -0.820. The van der Waals surface area contributed by atoms with Crippen LogP contribution in [0.15, 0.2) is 24.3 Å². The van der Waals surface area contributed by atoms with Crippen LogP contribution < -0.4 is 5.73 Å². The molecule has 88 valence electrons. The lowest BCUT2D eigenvalue weighted by Gasteiger charge is -2.18. The van der Waals surface area contributed by atoms with E-state index in [2.05, 4.69) is 31.2 Å². The molecule has 1 aliphatic rings. The molecular formula is C15H23N. The zero-order valence-electron chi connectivity index (χ0n) is 10.3. The van der Waals surface area contributed by atoms with E-state index < -0.39 is 0 Å². The Labute approximate surface area is 99.0 Å². The molecule has 0 spiro atoms. The van der Waals surface area contributed by atoms with Crippen molar-refractivity contribution < 1.29 is 0 Å². The second-order valence-electron chi connectivity index (χ2n) is 5.08. The third-order valence-electron chi connectivity index (χ3n) is 3.80. The van der Waals surface area contributed by atoms with Gasteiger partial charge in [0.05, 0.1) is 0 Å². The van der Waals surface area contributed by atoms with Gasteiger partial charge in [0, 0.05) is 6.04 Å². The molecule has 0 saturated heterocycles. The van der Waals surface area contributed by atoms with Crippen molar-refractivity contribution in [2.45, 2.75) is 57.4 Å². The van der Waals surface area contributed by atoms with Gasteiger partial charge in [0.25, 0.3) is 0 Å². The maximum atomic E-state index is 6.13. The first kappa shape index (κ1) is 11.7. The summed E-state index contributed by atoms with van der Waals surface area (Å²) in [6.45, 7) is 2.22. The van der Waals surface area contributed by atoms with Crippen LogP contribution in [0.25, 0.3) is 0 Å². The van der Waals surface area contributed by atoms with Crippen molar-refractivity contribution in [3.05, 3.63) is 35.4 Å². The Bertz CT molecular complexity index is 332. The third-order valence-corrected chi connectivity index (χ3v) is 3.80. The molecule has 0 aliphatic heterocycles. The smallest absolute Gasteiger partial charge is 0.00446 e. The minimum absolute atomic E-state index is 0.415. The molecule has 1 aliphatic carbocycles. The van der Waals surface area contributed by atoms with Gasteiger partial charge in [-0.3, -0.25) is 0 Å². The summed E-state index contributed by atoms with van der Waals surface area (Å²) in [7, 11) is 0. The van der Waals surface area contributed by atoms with Gasteiger partial charge in [0.1, 0.15) is 0 Å². The summed E-state index contributed by atoms with van der Waals surface area (Å²) in [6.07, 6.45) is 7.49. The second kappa shape index (κ2) is 5.49. The predicted octanol–water partition coefficient (Wildman–Crippen LogP) is 3.62. The molecule has 1 aromatic carbocycles. The molecule has 0 heterocycles. The van der Waals surface area contributed by atoms with Crippen LogP contribution >= 0.6 is 0 Å². The number of rotatable bonds is 2. The average Bonchev–Trinajstić information content (AvgIpc) is 2.54. The van der Waals surface area contributed by atoms with Crippen LogP contribution in [-0.2, 0) is 6.42 Å². The van der Waals surface area contributed by atoms with E-state index in [-0.39, 0.29) is 0 Å². The van der Waals surface area contributed by atoms with Crippen LogP contribution in [0.1, 0.15) is 56.1 Å². The molecule has 1 nitrogen and oxygen atoms in total. The molecule has 0 bridgehead atoms. The Morgan fingerprint density at radius 1 is 1.25 bits per heavy atom. The van der Waals surface area contributed by atoms with Gasteiger partial charge in [-0.05, 0) is 42.7 Å². The monoisotopic (exact) mass is 217 g/mol. The molecule has 1 aromatic rings. The zero-order valence-corrected chi connectivity index (χ0v) is 10.3. The van der Waals surface area contributed by atoms with Gasteiger partial charge in [-0.25, -0.2) is 0 Å². The summed E-state index contributed by atoms with van der Waals surface area (Å²) in [5, 5.41) is 0. The molecule has 0 amide bonds. The lowest BCUT2D eigenvalue weighted by Crippen LogP contribution is -2.20. The van der Waals surface area contributed by atoms with Crippen molar-refractivity contribution in [3.8, 4) is 0 Å². The van der Waals surface area contributed by atoms with E-state index in [9.17, 15) is 0 Å². The summed E-state index contributed by atoms with van der Waals surface area (Å²) >= 11 is 0. The summed E-state index contributed by atoms with van der Waals surface area (Å²) in [5.74, 6) is 0.698. The van der Waals surface area contributed by atoms with Crippen molar-refractivity contribution in [2.24, 2.45) is 5.73 Å². The summed E-state index contributed by atoms with van der Waals surface area (Å²) < 4.78 is 0. The lowest BCUT2D eigenvalue weighted by atomic mass is 9.89. The highest BCUT2D eigenvalue weighted by atomic mass is 14.6. The second-order valence-corrected chi connectivity index (χ2v) is 5.08. The Balaban J connectivity index is 2.14. The summed E-state index contributed by atoms with van der Waals surface area (Å²) in [6, 6.07) is 9.49. The molecule has 2 atom stereocenters. The van der Waals surface area contributed by atoms with E-state index in [0.29, 0.717) is 12.0 Å². The number of benzene rings is 1. The molecular weight excluding hydrogens is 194 g/mol. The lowest BCUT2D eigenvalue weighted by molar-refractivity contribution is 0.535. The van der Waals surface area contributed by atoms with Crippen LogP contribution in [0.5, 0.6) is 0 Å². The molecule has 2 rings (SSSR count). The van der Waals surface area contributed by atoms with Crippen molar-refractivity contribution in [1.82, 2.24) is 0 Å². The maximum absolute atomic E-state index is 6.13. The molecule has 1 saturated carbocycles. The van der Waals surface area contributed by atoms with E-state index in [4.69, 9.17) is 5.73 Å². The van der Waals surface area contributed by atoms with Crippen molar-refractivity contribution >= 4 is 0 Å². The van der Waals surface area contributed by atoms with Gasteiger partial charge < -0.3 is 5.73 Å². The van der Waals surface area contributed by atoms with Gasteiger partial charge in [0.15, 0.2) is 0 Å². The fraction of sp³-hybridized carbons (Fsp3) is 0.600. The van der Waals surface area contributed by atoms with Gasteiger partial charge in [-0.1, -0.05) is 44.0 Å². The molecule has 1 heteroatoms. The normalized spacial score (nSPS) is 26.4. The van der Waals surface area contributed by atoms with Gasteiger partial charge in [0.2, 0.25) is 0 Å². The standard InChI is InChI=1S/C15H23N/c1-2-12-6-5-8-13(10-12)14-7-3-4-9-15(16)11-14/h5-6,8,10,14-15H,2-4,7,9,11,16H2,1H3. The van der Waals surface area contributed by atoms with Crippen molar-refractivity contribution in [3.63, 3.8) is 0 Å². The van der Waals surface area contributed by atoms with Gasteiger partial charge in [-0.15, -0.1) is 0 Å². The minimum atomic E-state index is 0.415. The van der Waals surface area contributed by atoms with E-state index in [0.717, 1.165) is 6.42 Å². The van der Waals surface area contributed by atoms with Crippen LogP contribution in [0.3, 0.4) is 0 Å². The number of hydrogen-bond acceptors (Lipinski definition) is 1. The largest absolute Gasteiger partial charge is 0.328 e.